The number of hydrogen-bond acceptors (Lipinski definition) is 2. The summed E-state index contributed by atoms with van der Waals surface area (Å²) in [7, 11) is 0. The molecule has 0 heterocycles. The first-order valence-corrected chi connectivity index (χ1v) is 6.42. The van der Waals surface area contributed by atoms with Crippen molar-refractivity contribution in [3.8, 4) is 0 Å². The number of carboxylic acids is 1. The van der Waals surface area contributed by atoms with E-state index < -0.39 is 23.0 Å². The highest BCUT2D eigenvalue weighted by Crippen LogP contribution is 2.29. The third-order valence-electron chi connectivity index (χ3n) is 3.55. The molecule has 0 aliphatic heterocycles. The smallest absolute Gasteiger partial charge is 0.315 e. The SMILES string of the molecule is NCC(Cc1ccc(F)cc1)(C(=O)O)c1cccc(F)c1. The third kappa shape index (κ3) is 3.08. The van der Waals surface area contributed by atoms with Gasteiger partial charge in [-0.15, -0.1) is 0 Å². The van der Waals surface area contributed by atoms with Crippen molar-refractivity contribution in [1.82, 2.24) is 0 Å². The normalized spacial score (nSPS) is 13.7. The van der Waals surface area contributed by atoms with Gasteiger partial charge in [-0.2, -0.15) is 0 Å². The Balaban J connectivity index is 2.46. The zero-order valence-electron chi connectivity index (χ0n) is 11.2. The Bertz CT molecular complexity index is 643. The Hall–Kier alpha value is -2.27. The summed E-state index contributed by atoms with van der Waals surface area (Å²) in [6.45, 7) is -0.191. The summed E-state index contributed by atoms with van der Waals surface area (Å²) in [5.41, 5.74) is 5.16. The van der Waals surface area contributed by atoms with Gasteiger partial charge < -0.3 is 10.8 Å². The molecule has 0 aromatic heterocycles. The second-order valence-corrected chi connectivity index (χ2v) is 4.90. The zero-order valence-corrected chi connectivity index (χ0v) is 11.2. The molecule has 2 rings (SSSR count). The Morgan fingerprint density at radius 2 is 1.76 bits per heavy atom. The molecule has 0 fully saturated rings. The lowest BCUT2D eigenvalue weighted by Crippen LogP contribution is -2.45. The minimum absolute atomic E-state index is 0.0581. The molecule has 5 heteroatoms. The topological polar surface area (TPSA) is 63.3 Å². The largest absolute Gasteiger partial charge is 0.481 e. The summed E-state index contributed by atoms with van der Waals surface area (Å²) < 4.78 is 26.4. The number of rotatable bonds is 5. The fourth-order valence-electron chi connectivity index (χ4n) is 2.32. The van der Waals surface area contributed by atoms with Gasteiger partial charge in [-0.1, -0.05) is 24.3 Å². The number of aliphatic carboxylic acids is 1. The molecule has 0 amide bonds. The monoisotopic (exact) mass is 291 g/mol. The van der Waals surface area contributed by atoms with Crippen LogP contribution in [-0.2, 0) is 16.6 Å². The first-order chi connectivity index (χ1) is 9.98. The van der Waals surface area contributed by atoms with E-state index in [0.717, 1.165) is 0 Å². The molecule has 21 heavy (non-hydrogen) atoms. The van der Waals surface area contributed by atoms with Gasteiger partial charge >= 0.3 is 5.97 Å². The molecule has 0 saturated carbocycles. The molecular formula is C16H15F2NO2. The van der Waals surface area contributed by atoms with Gasteiger partial charge in [0.15, 0.2) is 0 Å². The molecule has 0 bridgehead atoms. The van der Waals surface area contributed by atoms with Gasteiger partial charge in [0.25, 0.3) is 0 Å². The van der Waals surface area contributed by atoms with Crippen LogP contribution in [0.3, 0.4) is 0 Å². The molecule has 2 aromatic carbocycles. The first-order valence-electron chi connectivity index (χ1n) is 6.42. The van der Waals surface area contributed by atoms with Gasteiger partial charge in [0.05, 0.1) is 0 Å². The predicted octanol–water partition coefficient (Wildman–Crippen LogP) is 2.49. The Kier molecular flexibility index (Phi) is 4.33. The summed E-state index contributed by atoms with van der Waals surface area (Å²) in [5, 5.41) is 9.61. The van der Waals surface area contributed by atoms with E-state index in [2.05, 4.69) is 0 Å². The second kappa shape index (κ2) is 6.01. The first kappa shape index (κ1) is 15.1. The Morgan fingerprint density at radius 1 is 1.10 bits per heavy atom. The number of carbonyl (C=O) groups is 1. The van der Waals surface area contributed by atoms with Gasteiger partial charge in [-0.05, 0) is 41.8 Å². The fraction of sp³-hybridized carbons (Fsp3) is 0.188. The average Bonchev–Trinajstić information content (AvgIpc) is 2.46. The van der Waals surface area contributed by atoms with Crippen molar-refractivity contribution in [2.24, 2.45) is 5.73 Å². The van der Waals surface area contributed by atoms with E-state index in [0.29, 0.717) is 11.1 Å². The van der Waals surface area contributed by atoms with E-state index in [-0.39, 0.29) is 13.0 Å². The lowest BCUT2D eigenvalue weighted by Gasteiger charge is -2.28. The van der Waals surface area contributed by atoms with E-state index >= 15 is 0 Å². The van der Waals surface area contributed by atoms with Gasteiger partial charge in [-0.25, -0.2) is 8.78 Å². The molecule has 0 aliphatic carbocycles. The lowest BCUT2D eigenvalue weighted by molar-refractivity contribution is -0.143. The molecule has 0 aliphatic rings. The van der Waals surface area contributed by atoms with E-state index in [1.54, 1.807) is 0 Å². The van der Waals surface area contributed by atoms with Crippen LogP contribution in [-0.4, -0.2) is 17.6 Å². The van der Waals surface area contributed by atoms with Crippen LogP contribution in [0.4, 0.5) is 8.78 Å². The lowest BCUT2D eigenvalue weighted by atomic mass is 9.75. The van der Waals surface area contributed by atoms with Crippen LogP contribution in [0.15, 0.2) is 48.5 Å². The van der Waals surface area contributed by atoms with Crippen molar-refractivity contribution in [2.45, 2.75) is 11.8 Å². The van der Waals surface area contributed by atoms with Crippen molar-refractivity contribution in [1.29, 1.82) is 0 Å². The van der Waals surface area contributed by atoms with Crippen LogP contribution in [0.1, 0.15) is 11.1 Å². The van der Waals surface area contributed by atoms with Crippen LogP contribution in [0.2, 0.25) is 0 Å². The summed E-state index contributed by atoms with van der Waals surface area (Å²) in [6.07, 6.45) is 0.0581. The Labute approximate surface area is 121 Å². The van der Waals surface area contributed by atoms with Crippen LogP contribution in [0.5, 0.6) is 0 Å². The van der Waals surface area contributed by atoms with Gasteiger partial charge in [0.1, 0.15) is 17.0 Å². The molecule has 2 aromatic rings. The number of hydrogen-bond donors (Lipinski definition) is 2. The number of benzene rings is 2. The minimum Gasteiger partial charge on any atom is -0.481 e. The van der Waals surface area contributed by atoms with E-state index in [4.69, 9.17) is 5.73 Å². The van der Waals surface area contributed by atoms with Gasteiger partial charge in [0.2, 0.25) is 0 Å². The number of carboxylic acid groups (broad SMARTS) is 1. The standard InChI is InChI=1S/C16H15F2NO2/c17-13-6-4-11(5-7-13)9-16(10-19,15(20)21)12-2-1-3-14(18)8-12/h1-8H,9-10,19H2,(H,20,21). The summed E-state index contributed by atoms with van der Waals surface area (Å²) in [5.74, 6) is -2.07. The molecule has 0 spiro atoms. The quantitative estimate of drug-likeness (QED) is 0.889. The molecule has 0 saturated heterocycles. The highest BCUT2D eigenvalue weighted by atomic mass is 19.1. The minimum atomic E-state index is -1.44. The molecule has 1 unspecified atom stereocenters. The number of nitrogens with two attached hydrogens (primary N) is 1. The molecule has 3 nitrogen and oxygen atoms in total. The van der Waals surface area contributed by atoms with E-state index in [9.17, 15) is 18.7 Å². The summed E-state index contributed by atoms with van der Waals surface area (Å²) in [4.78, 5) is 11.8. The van der Waals surface area contributed by atoms with Crippen LogP contribution in [0, 0.1) is 11.6 Å². The molecular weight excluding hydrogens is 276 g/mol. The number of halogens is 2. The second-order valence-electron chi connectivity index (χ2n) is 4.90. The van der Waals surface area contributed by atoms with Gasteiger partial charge in [0, 0.05) is 6.54 Å². The molecule has 1 atom stereocenters. The predicted molar refractivity (Wildman–Crippen MR) is 74.9 cm³/mol. The molecule has 110 valence electrons. The van der Waals surface area contributed by atoms with Gasteiger partial charge in [-0.3, -0.25) is 4.79 Å². The molecule has 3 N–H and O–H groups in total. The summed E-state index contributed by atoms with van der Waals surface area (Å²) in [6, 6.07) is 10.9. The maximum Gasteiger partial charge on any atom is 0.315 e. The third-order valence-corrected chi connectivity index (χ3v) is 3.55. The summed E-state index contributed by atoms with van der Waals surface area (Å²) >= 11 is 0. The zero-order chi connectivity index (χ0) is 15.5. The Morgan fingerprint density at radius 3 is 2.29 bits per heavy atom. The maximum atomic E-state index is 13.4. The van der Waals surface area contributed by atoms with Crippen molar-refractivity contribution >= 4 is 5.97 Å². The van der Waals surface area contributed by atoms with Crippen molar-refractivity contribution in [2.75, 3.05) is 6.54 Å². The van der Waals surface area contributed by atoms with Crippen LogP contribution in [0.25, 0.3) is 0 Å². The fourth-order valence-corrected chi connectivity index (χ4v) is 2.32. The van der Waals surface area contributed by atoms with Crippen molar-refractivity contribution in [3.63, 3.8) is 0 Å². The maximum absolute atomic E-state index is 13.4. The van der Waals surface area contributed by atoms with Crippen LogP contribution < -0.4 is 5.73 Å². The van der Waals surface area contributed by atoms with E-state index in [1.165, 1.54) is 48.5 Å². The van der Waals surface area contributed by atoms with Crippen molar-refractivity contribution in [3.05, 3.63) is 71.3 Å². The highest BCUT2D eigenvalue weighted by Gasteiger charge is 2.39. The molecule has 0 radical (unpaired) electrons. The average molecular weight is 291 g/mol. The highest BCUT2D eigenvalue weighted by molar-refractivity contribution is 5.82. The van der Waals surface area contributed by atoms with E-state index in [1.807, 2.05) is 0 Å². The van der Waals surface area contributed by atoms with Crippen molar-refractivity contribution < 1.29 is 18.7 Å². The van der Waals surface area contributed by atoms with Crippen LogP contribution >= 0.6 is 0 Å².